The van der Waals surface area contributed by atoms with Gasteiger partial charge in [-0.2, -0.15) is 0 Å². The molecule has 34 heavy (non-hydrogen) atoms. The molecule has 0 unspecified atom stereocenters. The van der Waals surface area contributed by atoms with E-state index in [9.17, 15) is 24.3 Å². The van der Waals surface area contributed by atoms with Gasteiger partial charge >= 0.3 is 11.6 Å². The average molecular weight is 471 g/mol. The van der Waals surface area contributed by atoms with E-state index in [4.69, 9.17) is 8.83 Å². The lowest BCUT2D eigenvalue weighted by molar-refractivity contribution is -0.143. The highest BCUT2D eigenvalue weighted by molar-refractivity contribution is 5.97. The molecular formula is C25H30N2O7. The number of furan rings is 1. The van der Waals surface area contributed by atoms with Crippen molar-refractivity contribution in [3.63, 3.8) is 0 Å². The maximum absolute atomic E-state index is 12.6. The lowest BCUT2D eigenvalue weighted by atomic mass is 9.86. The molecule has 3 N–H and O–H groups in total. The van der Waals surface area contributed by atoms with E-state index in [1.54, 1.807) is 33.1 Å². The fraction of sp³-hybridized carbons (Fsp3) is 0.440. The van der Waals surface area contributed by atoms with Crippen LogP contribution in [-0.4, -0.2) is 35.5 Å². The number of aryl methyl sites for hydroxylation is 1. The second kappa shape index (κ2) is 9.32. The Labute approximate surface area is 196 Å². The number of carbonyl (C=O) groups excluding carboxylic acids is 2. The zero-order valence-corrected chi connectivity index (χ0v) is 20.2. The molecule has 9 nitrogen and oxygen atoms in total. The van der Waals surface area contributed by atoms with Crippen molar-refractivity contribution in [2.24, 2.45) is 5.92 Å². The predicted molar refractivity (Wildman–Crippen MR) is 127 cm³/mol. The Bertz CT molecular complexity index is 1330. The first-order valence-electron chi connectivity index (χ1n) is 11.1. The van der Waals surface area contributed by atoms with Gasteiger partial charge in [-0.15, -0.1) is 0 Å². The van der Waals surface area contributed by atoms with E-state index in [1.165, 1.54) is 0 Å². The van der Waals surface area contributed by atoms with Crippen LogP contribution in [-0.2, 0) is 26.2 Å². The summed E-state index contributed by atoms with van der Waals surface area (Å²) in [6, 6.07) is 2.52. The molecule has 9 heteroatoms. The molecule has 0 aliphatic carbocycles. The molecule has 0 fully saturated rings. The fourth-order valence-corrected chi connectivity index (χ4v) is 3.84. The summed E-state index contributed by atoms with van der Waals surface area (Å²) in [4.78, 5) is 48.4. The summed E-state index contributed by atoms with van der Waals surface area (Å²) < 4.78 is 11.1. The van der Waals surface area contributed by atoms with Crippen LogP contribution >= 0.6 is 0 Å². The third-order valence-electron chi connectivity index (χ3n) is 5.82. The van der Waals surface area contributed by atoms with E-state index < -0.39 is 36.0 Å². The Kier molecular flexibility index (Phi) is 6.86. The van der Waals surface area contributed by atoms with Gasteiger partial charge < -0.3 is 24.6 Å². The fourth-order valence-electron chi connectivity index (χ4n) is 3.84. The molecule has 2 amide bonds. The van der Waals surface area contributed by atoms with Gasteiger partial charge in [-0.3, -0.25) is 9.59 Å². The smallest absolute Gasteiger partial charge is 0.340 e. The van der Waals surface area contributed by atoms with E-state index >= 15 is 0 Å². The molecule has 0 bridgehead atoms. The number of nitrogens with one attached hydrogen (secondary N) is 2. The van der Waals surface area contributed by atoms with Crippen LogP contribution in [0.1, 0.15) is 51.3 Å². The molecule has 0 radical (unpaired) electrons. The van der Waals surface area contributed by atoms with Crippen molar-refractivity contribution in [2.75, 3.05) is 6.54 Å². The van der Waals surface area contributed by atoms with Crippen molar-refractivity contribution in [2.45, 2.75) is 59.4 Å². The van der Waals surface area contributed by atoms with E-state index in [1.807, 2.05) is 6.07 Å². The second-order valence-electron chi connectivity index (χ2n) is 9.82. The average Bonchev–Trinajstić information content (AvgIpc) is 3.15. The van der Waals surface area contributed by atoms with Crippen LogP contribution in [0.3, 0.4) is 0 Å². The highest BCUT2D eigenvalue weighted by Gasteiger charge is 2.24. The summed E-state index contributed by atoms with van der Waals surface area (Å²) in [7, 11) is 0. The minimum Gasteiger partial charge on any atom is -0.480 e. The van der Waals surface area contributed by atoms with Crippen molar-refractivity contribution in [1.82, 2.24) is 10.6 Å². The first-order chi connectivity index (χ1) is 15.8. The van der Waals surface area contributed by atoms with E-state index in [0.717, 1.165) is 10.9 Å². The highest BCUT2D eigenvalue weighted by Crippen LogP contribution is 2.35. The lowest BCUT2D eigenvalue weighted by Gasteiger charge is -2.18. The number of carboxylic acids is 1. The van der Waals surface area contributed by atoms with Crippen molar-refractivity contribution < 1.29 is 28.3 Å². The van der Waals surface area contributed by atoms with Gasteiger partial charge in [0.2, 0.25) is 11.8 Å². The van der Waals surface area contributed by atoms with Gasteiger partial charge in [0.05, 0.1) is 24.8 Å². The van der Waals surface area contributed by atoms with Gasteiger partial charge in [0, 0.05) is 22.4 Å². The summed E-state index contributed by atoms with van der Waals surface area (Å²) in [5.41, 5.74) is 2.00. The van der Waals surface area contributed by atoms with Crippen LogP contribution in [0.4, 0.5) is 0 Å². The minimum atomic E-state index is -1.15. The van der Waals surface area contributed by atoms with Gasteiger partial charge in [0.25, 0.3) is 0 Å². The summed E-state index contributed by atoms with van der Waals surface area (Å²) in [5, 5.41) is 15.6. The second-order valence-corrected chi connectivity index (χ2v) is 9.82. The highest BCUT2D eigenvalue weighted by atomic mass is 16.4. The number of amides is 2. The van der Waals surface area contributed by atoms with Gasteiger partial charge in [-0.25, -0.2) is 9.59 Å². The van der Waals surface area contributed by atoms with E-state index in [2.05, 4.69) is 31.4 Å². The molecular weight excluding hydrogens is 440 g/mol. The van der Waals surface area contributed by atoms with Gasteiger partial charge in [-0.05, 0) is 29.9 Å². The number of benzene rings is 1. The van der Waals surface area contributed by atoms with Crippen LogP contribution in [0.2, 0.25) is 0 Å². The molecule has 1 aromatic carbocycles. The molecule has 2 aromatic heterocycles. The molecule has 1 atom stereocenters. The first kappa shape index (κ1) is 25.0. The number of fused-ring (bicyclic) bond motifs is 2. The van der Waals surface area contributed by atoms with Gasteiger partial charge in [0.15, 0.2) is 0 Å². The molecule has 3 aromatic rings. The number of carboxylic acid groups (broad SMARTS) is 1. The topological polar surface area (TPSA) is 139 Å². The van der Waals surface area contributed by atoms with Crippen molar-refractivity contribution >= 4 is 39.7 Å². The Hall–Kier alpha value is -3.62. The number of hydrogen-bond acceptors (Lipinski definition) is 6. The summed E-state index contributed by atoms with van der Waals surface area (Å²) in [5.74, 6) is -2.65. The Morgan fingerprint density at radius 3 is 2.32 bits per heavy atom. The third kappa shape index (κ3) is 5.13. The lowest BCUT2D eigenvalue weighted by Crippen LogP contribution is -2.48. The van der Waals surface area contributed by atoms with Crippen molar-refractivity contribution in [3.05, 3.63) is 45.5 Å². The monoisotopic (exact) mass is 470 g/mol. The van der Waals surface area contributed by atoms with Crippen LogP contribution in [0.25, 0.3) is 21.9 Å². The quantitative estimate of drug-likeness (QED) is 0.451. The SMILES string of the molecule is Cc1c(CC(=O)NCC(=O)N[C@H](C(=O)O)C(C)C)c(=O)oc2cc3occ(C(C)(C)C)c3cc12. The number of carbonyl (C=O) groups is 3. The Morgan fingerprint density at radius 2 is 1.74 bits per heavy atom. The van der Waals surface area contributed by atoms with Gasteiger partial charge in [0.1, 0.15) is 17.2 Å². The van der Waals surface area contributed by atoms with E-state index in [0.29, 0.717) is 22.1 Å². The maximum Gasteiger partial charge on any atom is 0.340 e. The molecule has 0 aliphatic heterocycles. The van der Waals surface area contributed by atoms with E-state index in [-0.39, 0.29) is 23.3 Å². The van der Waals surface area contributed by atoms with Crippen molar-refractivity contribution in [3.8, 4) is 0 Å². The normalized spacial score (nSPS) is 12.8. The molecule has 2 heterocycles. The Balaban J connectivity index is 1.82. The standard InChI is InChI=1S/C25H30N2O7/c1-12(2)22(23(30)31)27-21(29)10-26-20(28)8-15-13(3)14-7-16-17(25(4,5)6)11-33-18(16)9-19(14)34-24(15)32/h7,9,11-12,22H,8,10H2,1-6H3,(H,26,28)(H,27,29)(H,30,31)/t22-/m0/s1. The molecule has 0 spiro atoms. The van der Waals surface area contributed by atoms with Crippen LogP contribution in [0, 0.1) is 12.8 Å². The number of aliphatic carboxylic acids is 1. The first-order valence-corrected chi connectivity index (χ1v) is 11.1. The minimum absolute atomic E-state index is 0.152. The van der Waals surface area contributed by atoms with Crippen LogP contribution < -0.4 is 16.3 Å². The molecule has 3 rings (SSSR count). The summed E-state index contributed by atoms with van der Waals surface area (Å²) in [6.07, 6.45) is 1.42. The maximum atomic E-state index is 12.6. The van der Waals surface area contributed by atoms with Crippen LogP contribution in [0.15, 0.2) is 32.0 Å². The number of rotatable bonds is 7. The van der Waals surface area contributed by atoms with Crippen molar-refractivity contribution in [1.29, 1.82) is 0 Å². The zero-order chi connectivity index (χ0) is 25.4. The summed E-state index contributed by atoms with van der Waals surface area (Å²) >= 11 is 0. The van der Waals surface area contributed by atoms with Crippen LogP contribution in [0.5, 0.6) is 0 Å². The molecule has 0 aliphatic rings. The molecule has 0 saturated heterocycles. The van der Waals surface area contributed by atoms with Gasteiger partial charge in [-0.1, -0.05) is 34.6 Å². The molecule has 0 saturated carbocycles. The Morgan fingerprint density at radius 1 is 1.06 bits per heavy atom. The predicted octanol–water partition coefficient (Wildman–Crippen LogP) is 3.03. The molecule has 182 valence electrons. The third-order valence-corrected chi connectivity index (χ3v) is 5.82. The number of hydrogen-bond donors (Lipinski definition) is 3. The zero-order valence-electron chi connectivity index (χ0n) is 20.2. The summed E-state index contributed by atoms with van der Waals surface area (Å²) in [6.45, 7) is 10.9. The largest absolute Gasteiger partial charge is 0.480 e.